The van der Waals surface area contributed by atoms with Gasteiger partial charge in [0, 0.05) is 49.6 Å². The Labute approximate surface area is 368 Å². The average molecular weight is 828 g/mol. The Hall–Kier alpha value is -7.80. The van der Waals surface area contributed by atoms with Gasteiger partial charge in [-0.05, 0) is 100 Å². The van der Waals surface area contributed by atoms with Crippen LogP contribution in [-0.4, -0.2) is 21.4 Å². The molecule has 4 heterocycles. The lowest BCUT2D eigenvalue weighted by Crippen LogP contribution is -2.27. The predicted molar refractivity (Wildman–Crippen MR) is 265 cm³/mol. The van der Waals surface area contributed by atoms with Gasteiger partial charge in [-0.15, -0.1) is 11.3 Å². The molecule has 1 aliphatic rings. The number of rotatable bonds is 8. The number of benzene rings is 8. The van der Waals surface area contributed by atoms with Crippen molar-refractivity contribution in [3.8, 4) is 16.8 Å². The van der Waals surface area contributed by atoms with Gasteiger partial charge in [-0.25, -0.2) is 0 Å². The zero-order valence-electron chi connectivity index (χ0n) is 34.4. The van der Waals surface area contributed by atoms with Crippen LogP contribution in [0.2, 0.25) is 0 Å². The van der Waals surface area contributed by atoms with Gasteiger partial charge >= 0.3 is 0 Å². The van der Waals surface area contributed by atoms with Crippen molar-refractivity contribution in [3.05, 3.63) is 227 Å². The molecule has 0 unspecified atom stereocenters. The number of aromatic nitrogens is 2. The Morgan fingerprint density at radius 3 is 1.86 bits per heavy atom. The van der Waals surface area contributed by atoms with E-state index in [2.05, 4.69) is 155 Å². The summed E-state index contributed by atoms with van der Waals surface area (Å²) in [5.74, 6) is 0. The van der Waals surface area contributed by atoms with Crippen molar-refractivity contribution in [1.82, 2.24) is 9.13 Å². The fraction of sp³-hybridized carbons (Fsp3) is 0.0526. The first-order valence-corrected chi connectivity index (χ1v) is 22.3. The van der Waals surface area contributed by atoms with E-state index < -0.39 is 0 Å². The van der Waals surface area contributed by atoms with Crippen molar-refractivity contribution in [1.29, 1.82) is 0 Å². The highest BCUT2D eigenvalue weighted by Gasteiger charge is 2.17. The molecule has 63 heavy (non-hydrogen) atoms. The number of nitrogens with zero attached hydrogens (tertiary/aromatic N) is 4. The first kappa shape index (κ1) is 37.0. The molecule has 5 nitrogen and oxygen atoms in total. The lowest BCUT2D eigenvalue weighted by molar-refractivity contribution is 0.793. The molecule has 0 bridgehead atoms. The second-order valence-corrected chi connectivity index (χ2v) is 17.3. The highest BCUT2D eigenvalue weighted by atomic mass is 32.1. The van der Waals surface area contributed by atoms with Crippen LogP contribution in [-0.2, 0) is 6.67 Å². The number of hydrogen-bond acceptors (Lipinski definition) is 4. The zero-order chi connectivity index (χ0) is 41.9. The quantitative estimate of drug-likeness (QED) is 0.152. The smallest absolute Gasteiger partial charge is 0.115 e. The van der Waals surface area contributed by atoms with Crippen LogP contribution in [0.25, 0.3) is 81.8 Å². The van der Waals surface area contributed by atoms with E-state index in [0.29, 0.717) is 12.4 Å². The molecular weight excluding hydrogens is 787 g/mol. The van der Waals surface area contributed by atoms with Crippen LogP contribution in [0.3, 0.4) is 0 Å². The Morgan fingerprint density at radius 2 is 1.11 bits per heavy atom. The summed E-state index contributed by atoms with van der Waals surface area (Å²) in [6.45, 7) is 1.27. The van der Waals surface area contributed by atoms with Gasteiger partial charge < -0.3 is 14.9 Å². The fourth-order valence-electron chi connectivity index (χ4n) is 9.53. The number of aliphatic imine (C=N–C) groups is 1. The minimum atomic E-state index is 0.444. The molecule has 2 N–H and O–H groups in total. The lowest BCUT2D eigenvalue weighted by Gasteiger charge is -2.12. The molecule has 0 aliphatic carbocycles. The molecule has 300 valence electrons. The van der Waals surface area contributed by atoms with Gasteiger partial charge in [-0.3, -0.25) is 9.98 Å². The number of hydrogen-bond donors (Lipinski definition) is 1. The second-order valence-electron chi connectivity index (χ2n) is 16.2. The lowest BCUT2D eigenvalue weighted by atomic mass is 10.0. The second kappa shape index (κ2) is 15.3. The van der Waals surface area contributed by atoms with Crippen LogP contribution >= 0.6 is 11.3 Å². The van der Waals surface area contributed by atoms with Crippen molar-refractivity contribution >= 4 is 82.0 Å². The van der Waals surface area contributed by atoms with E-state index in [0.717, 1.165) is 51.9 Å². The number of thiophene rings is 1. The highest BCUT2D eigenvalue weighted by molar-refractivity contribution is 7.17. The number of para-hydroxylation sites is 2. The summed E-state index contributed by atoms with van der Waals surface area (Å²) in [6, 6.07) is 69.4. The van der Waals surface area contributed by atoms with Gasteiger partial charge in [-0.1, -0.05) is 140 Å². The average Bonchev–Trinajstić information content (AvgIpc) is 4.00. The summed E-state index contributed by atoms with van der Waals surface area (Å²) < 4.78 is 7.34. The molecule has 0 radical (unpaired) electrons. The summed E-state index contributed by atoms with van der Waals surface area (Å²) in [6.07, 6.45) is 2.95. The van der Waals surface area contributed by atoms with Gasteiger partial charge in [0.2, 0.25) is 0 Å². The van der Waals surface area contributed by atoms with Crippen LogP contribution < -0.4 is 15.6 Å². The largest absolute Gasteiger partial charge is 0.398 e. The topological polar surface area (TPSA) is 60.6 Å². The van der Waals surface area contributed by atoms with Crippen molar-refractivity contribution in [2.45, 2.75) is 13.1 Å². The number of nitrogens with two attached hydrogens (primary N) is 1. The predicted octanol–water partition coefficient (Wildman–Crippen LogP) is 12.4. The normalized spacial score (nSPS) is 13.4. The summed E-state index contributed by atoms with van der Waals surface area (Å²) in [5.41, 5.74) is 21.0. The van der Waals surface area contributed by atoms with Gasteiger partial charge in [0.05, 0.1) is 37.7 Å². The third-order valence-corrected chi connectivity index (χ3v) is 13.8. The standard InChI is InChI=1S/C57H41N5S/c58-49(38-13-3-1-4-14-38)35-50(39-15-5-2-6-16-39)60-36-61-51-20-10-7-17-44(51)47-33-40(25-29-52(47)61)41-26-30-54-48(34-41)45-18-8-11-21-53(45)62(54)42-27-23-37(24-28-42)43-31-32-59-56-46-19-9-12-22-55(46)63-57(43)56/h1-30,33-35H,31-32,36,58H2/b49-35-,60-50+. The summed E-state index contributed by atoms with van der Waals surface area (Å²) in [5, 5.41) is 7.30. The van der Waals surface area contributed by atoms with E-state index in [4.69, 9.17) is 15.7 Å². The fourth-order valence-corrected chi connectivity index (χ4v) is 10.8. The zero-order valence-corrected chi connectivity index (χ0v) is 35.3. The monoisotopic (exact) mass is 827 g/mol. The summed E-state index contributed by atoms with van der Waals surface area (Å²) in [7, 11) is 0. The molecule has 12 rings (SSSR count). The maximum Gasteiger partial charge on any atom is 0.115 e. The van der Waals surface area contributed by atoms with E-state index in [1.807, 2.05) is 65.9 Å². The van der Waals surface area contributed by atoms with Crippen LogP contribution in [0, 0.1) is 0 Å². The minimum absolute atomic E-state index is 0.444. The third kappa shape index (κ3) is 6.38. The van der Waals surface area contributed by atoms with Crippen molar-refractivity contribution in [3.63, 3.8) is 0 Å². The van der Waals surface area contributed by atoms with Crippen LogP contribution in [0.1, 0.15) is 23.1 Å². The number of allylic oxidation sites excluding steroid dienone is 1. The van der Waals surface area contributed by atoms with E-state index in [-0.39, 0.29) is 0 Å². The van der Waals surface area contributed by atoms with E-state index in [1.54, 1.807) is 0 Å². The van der Waals surface area contributed by atoms with E-state index >= 15 is 0 Å². The molecule has 0 amide bonds. The van der Waals surface area contributed by atoms with Crippen molar-refractivity contribution in [2.75, 3.05) is 6.54 Å². The van der Waals surface area contributed by atoms with Gasteiger partial charge in [0.1, 0.15) is 6.67 Å². The van der Waals surface area contributed by atoms with Gasteiger partial charge in [0.15, 0.2) is 0 Å². The minimum Gasteiger partial charge on any atom is -0.398 e. The third-order valence-electron chi connectivity index (χ3n) is 12.6. The van der Waals surface area contributed by atoms with Crippen LogP contribution in [0.5, 0.6) is 0 Å². The Bertz CT molecular complexity index is 3760. The molecule has 8 aromatic carbocycles. The molecule has 1 aliphatic heterocycles. The Balaban J connectivity index is 0.924. The summed E-state index contributed by atoms with van der Waals surface area (Å²) in [4.78, 5) is 10.2. The maximum atomic E-state index is 6.65. The molecule has 11 aromatic rings. The molecule has 0 saturated heterocycles. The first-order valence-electron chi connectivity index (χ1n) is 21.5. The molecule has 0 saturated carbocycles. The van der Waals surface area contributed by atoms with Crippen molar-refractivity contribution < 1.29 is 0 Å². The molecule has 0 atom stereocenters. The van der Waals surface area contributed by atoms with Gasteiger partial charge in [0.25, 0.3) is 0 Å². The molecule has 6 heteroatoms. The van der Waals surface area contributed by atoms with Crippen LogP contribution in [0.15, 0.2) is 210 Å². The SMILES string of the molecule is N/C(=C\C(=N/Cn1c2ccccc2c2cc(-c3ccc4c(c3)c3ccccc3n4-c3ccc(C4=c5sc6ccccc6c5=NCC4)cc3)ccc21)c1ccccc1)c1ccccc1. The molecular formula is C57H41N5S. The Morgan fingerprint density at radius 1 is 0.556 bits per heavy atom. The molecule has 0 spiro atoms. The van der Waals surface area contributed by atoms with Gasteiger partial charge in [-0.2, -0.15) is 0 Å². The highest BCUT2D eigenvalue weighted by Crippen LogP contribution is 2.38. The number of fused-ring (bicyclic) bond motifs is 9. The van der Waals surface area contributed by atoms with E-state index in [1.165, 1.54) is 69.5 Å². The van der Waals surface area contributed by atoms with Crippen molar-refractivity contribution in [2.24, 2.45) is 15.7 Å². The van der Waals surface area contributed by atoms with E-state index in [9.17, 15) is 0 Å². The molecule has 3 aromatic heterocycles. The first-order chi connectivity index (χ1) is 31.2. The summed E-state index contributed by atoms with van der Waals surface area (Å²) >= 11 is 1.87. The van der Waals surface area contributed by atoms with Crippen LogP contribution in [0.4, 0.5) is 0 Å². The molecule has 0 fully saturated rings. The maximum absolute atomic E-state index is 6.65. The Kier molecular flexibility index (Phi) is 8.97.